The van der Waals surface area contributed by atoms with E-state index in [0.29, 0.717) is 23.2 Å². The number of benzene rings is 1. The fraction of sp³-hybridized carbons (Fsp3) is 0.458. The van der Waals surface area contributed by atoms with Crippen LogP contribution in [0.15, 0.2) is 36.7 Å². The van der Waals surface area contributed by atoms with Crippen LogP contribution in [0, 0.1) is 0 Å². The van der Waals surface area contributed by atoms with Crippen molar-refractivity contribution < 1.29 is 28.2 Å². The van der Waals surface area contributed by atoms with Crippen molar-refractivity contribution in [3.8, 4) is 28.3 Å². The number of carbonyl (C=O) groups is 1. The number of hydrogen-bond donors (Lipinski definition) is 4. The molecule has 37 heavy (non-hydrogen) atoms. The molecule has 4 rings (SSSR count). The molecule has 0 spiro atoms. The van der Waals surface area contributed by atoms with Crippen molar-refractivity contribution in [2.45, 2.75) is 63.8 Å². The number of aromatic hydroxyl groups is 1. The van der Waals surface area contributed by atoms with Crippen molar-refractivity contribution in [3.05, 3.63) is 36.7 Å². The molecule has 1 fully saturated rings. The van der Waals surface area contributed by atoms with Gasteiger partial charge in [-0.3, -0.25) is 5.10 Å². The Bertz CT molecular complexity index is 1200. The Morgan fingerprint density at radius 3 is 2.19 bits per heavy atom. The van der Waals surface area contributed by atoms with E-state index in [0.717, 1.165) is 24.1 Å². The molecule has 3 aromatic rings. The van der Waals surface area contributed by atoms with Gasteiger partial charge in [-0.1, -0.05) is 6.07 Å². The molecule has 0 saturated carbocycles. The van der Waals surface area contributed by atoms with E-state index in [4.69, 9.17) is 9.90 Å². The number of nitrogens with one attached hydrogen (secondary N) is 2. The molecular weight excluding hydrogens is 491 g/mol. The zero-order valence-electron chi connectivity index (χ0n) is 21.1. The molecule has 4 N–H and O–H groups in total. The largest absolute Gasteiger partial charge is 0.507 e. The Morgan fingerprint density at radius 2 is 1.73 bits per heavy atom. The number of halogens is 3. The van der Waals surface area contributed by atoms with Gasteiger partial charge in [-0.15, -0.1) is 10.2 Å². The van der Waals surface area contributed by atoms with Crippen molar-refractivity contribution in [1.29, 1.82) is 0 Å². The van der Waals surface area contributed by atoms with E-state index in [9.17, 15) is 18.3 Å². The molecule has 1 aliphatic heterocycles. The number of aromatic nitrogens is 5. The van der Waals surface area contributed by atoms with Crippen LogP contribution in [-0.4, -0.2) is 71.9 Å². The number of anilines is 1. The smallest absolute Gasteiger partial charge is 0.490 e. The fourth-order valence-corrected chi connectivity index (χ4v) is 4.59. The Hall–Kier alpha value is -3.74. The summed E-state index contributed by atoms with van der Waals surface area (Å²) >= 11 is 0. The topological polar surface area (TPSA) is 140 Å². The molecule has 0 aliphatic carbocycles. The van der Waals surface area contributed by atoms with E-state index < -0.39 is 12.1 Å². The van der Waals surface area contributed by atoms with E-state index >= 15 is 0 Å². The molecular formula is C24H30F3N7O3. The average molecular weight is 522 g/mol. The van der Waals surface area contributed by atoms with Crippen LogP contribution in [0.1, 0.15) is 40.5 Å². The van der Waals surface area contributed by atoms with E-state index in [2.05, 4.69) is 63.3 Å². The highest BCUT2D eigenvalue weighted by atomic mass is 19.4. The van der Waals surface area contributed by atoms with Crippen molar-refractivity contribution in [2.24, 2.45) is 0 Å². The van der Waals surface area contributed by atoms with Crippen molar-refractivity contribution in [2.75, 3.05) is 11.9 Å². The number of carboxylic acids is 1. The first-order valence-corrected chi connectivity index (χ1v) is 11.4. The SMILES string of the molecule is CN(c1ncc(-c2ccc(-c3ccn[nH]3)cc2O)nn1)C1CC(C)(C)NC(C)(C)C1.O=C(O)C(F)(F)F. The molecule has 0 amide bonds. The Kier molecular flexibility index (Phi) is 7.77. The van der Waals surface area contributed by atoms with Crippen LogP contribution >= 0.6 is 0 Å². The number of rotatable bonds is 4. The highest BCUT2D eigenvalue weighted by molar-refractivity contribution is 5.73. The predicted molar refractivity (Wildman–Crippen MR) is 131 cm³/mol. The van der Waals surface area contributed by atoms with Crippen LogP contribution in [0.3, 0.4) is 0 Å². The molecule has 0 radical (unpaired) electrons. The maximum absolute atomic E-state index is 10.6. The fourth-order valence-electron chi connectivity index (χ4n) is 4.59. The lowest BCUT2D eigenvalue weighted by Gasteiger charge is -2.48. The summed E-state index contributed by atoms with van der Waals surface area (Å²) < 4.78 is 31.7. The van der Waals surface area contributed by atoms with Crippen LogP contribution in [0.5, 0.6) is 5.75 Å². The summed E-state index contributed by atoms with van der Waals surface area (Å²) in [6, 6.07) is 7.57. The minimum Gasteiger partial charge on any atom is -0.507 e. The van der Waals surface area contributed by atoms with Gasteiger partial charge in [-0.2, -0.15) is 18.3 Å². The zero-order chi connectivity index (χ0) is 27.6. The molecule has 3 heterocycles. The van der Waals surface area contributed by atoms with Crippen molar-refractivity contribution in [1.82, 2.24) is 30.7 Å². The number of phenolic OH excluding ortho intramolecular Hbond substituents is 1. The van der Waals surface area contributed by atoms with Gasteiger partial charge in [-0.05, 0) is 58.7 Å². The van der Waals surface area contributed by atoms with E-state index in [1.165, 1.54) is 0 Å². The second-order valence-corrected chi connectivity index (χ2v) is 10.2. The predicted octanol–water partition coefficient (Wildman–Crippen LogP) is 4.01. The molecule has 1 saturated heterocycles. The molecule has 2 aromatic heterocycles. The third-order valence-corrected chi connectivity index (χ3v) is 5.91. The van der Waals surface area contributed by atoms with Gasteiger partial charge >= 0.3 is 12.1 Å². The molecule has 1 aromatic carbocycles. The van der Waals surface area contributed by atoms with Gasteiger partial charge in [0.1, 0.15) is 11.4 Å². The van der Waals surface area contributed by atoms with Crippen LogP contribution < -0.4 is 10.2 Å². The Labute approximate surface area is 212 Å². The lowest BCUT2D eigenvalue weighted by atomic mass is 9.79. The first kappa shape index (κ1) is 27.8. The molecule has 200 valence electrons. The summed E-state index contributed by atoms with van der Waals surface area (Å²) in [6.45, 7) is 8.92. The van der Waals surface area contributed by atoms with Crippen molar-refractivity contribution in [3.63, 3.8) is 0 Å². The number of piperidine rings is 1. The summed E-state index contributed by atoms with van der Waals surface area (Å²) in [7, 11) is 2.02. The van der Waals surface area contributed by atoms with Gasteiger partial charge < -0.3 is 20.4 Å². The highest BCUT2D eigenvalue weighted by Gasteiger charge is 2.40. The van der Waals surface area contributed by atoms with Gasteiger partial charge in [0.05, 0.1) is 11.9 Å². The number of alkyl halides is 3. The number of nitrogens with zero attached hydrogens (tertiary/aromatic N) is 5. The van der Waals surface area contributed by atoms with Gasteiger partial charge in [0.25, 0.3) is 0 Å². The van der Waals surface area contributed by atoms with E-state index in [1.807, 2.05) is 25.2 Å². The van der Waals surface area contributed by atoms with Crippen LogP contribution in [0.2, 0.25) is 0 Å². The molecule has 0 bridgehead atoms. The van der Waals surface area contributed by atoms with Gasteiger partial charge in [0, 0.05) is 41.5 Å². The number of phenols is 1. The summed E-state index contributed by atoms with van der Waals surface area (Å²) in [6.07, 6.45) is 0.248. The van der Waals surface area contributed by atoms with Gasteiger partial charge in [-0.25, -0.2) is 9.78 Å². The van der Waals surface area contributed by atoms with Crippen LogP contribution in [0.4, 0.5) is 19.1 Å². The number of H-pyrrole nitrogens is 1. The van der Waals surface area contributed by atoms with Crippen LogP contribution in [-0.2, 0) is 4.79 Å². The summed E-state index contributed by atoms with van der Waals surface area (Å²) in [5, 5.41) is 36.9. The Balaban J connectivity index is 0.000000479. The third kappa shape index (κ3) is 7.15. The monoisotopic (exact) mass is 521 g/mol. The summed E-state index contributed by atoms with van der Waals surface area (Å²) in [5.74, 6) is -2.04. The third-order valence-electron chi connectivity index (χ3n) is 5.91. The normalized spacial score (nSPS) is 17.0. The lowest BCUT2D eigenvalue weighted by Crippen LogP contribution is -2.62. The summed E-state index contributed by atoms with van der Waals surface area (Å²) in [5.41, 5.74) is 2.89. The maximum Gasteiger partial charge on any atom is 0.490 e. The summed E-state index contributed by atoms with van der Waals surface area (Å²) in [4.78, 5) is 15.6. The maximum atomic E-state index is 10.6. The van der Waals surface area contributed by atoms with E-state index in [-0.39, 0.29) is 16.8 Å². The zero-order valence-corrected chi connectivity index (χ0v) is 21.1. The standard InChI is InChI=1S/C22H29N7O.C2HF3O2/c1-21(2)11-15(12-22(3,4)28-21)29(5)20-23-13-18(26-27-20)16-7-6-14(10-19(16)30)17-8-9-24-25-17;3-2(4,5)1(6)7/h6-10,13,15,28,30H,11-12H2,1-5H3,(H,24,25);(H,6,7). The number of carboxylic acid groups (broad SMARTS) is 1. The second kappa shape index (κ2) is 10.3. The average Bonchev–Trinajstić information content (AvgIpc) is 3.31. The Morgan fingerprint density at radius 1 is 1.11 bits per heavy atom. The molecule has 1 aliphatic rings. The molecule has 0 atom stereocenters. The number of aromatic amines is 1. The molecule has 10 nitrogen and oxygen atoms in total. The van der Waals surface area contributed by atoms with Crippen molar-refractivity contribution >= 4 is 11.9 Å². The molecule has 13 heteroatoms. The first-order chi connectivity index (χ1) is 17.1. The van der Waals surface area contributed by atoms with Gasteiger partial charge in [0.2, 0.25) is 5.95 Å². The molecule has 0 unspecified atom stereocenters. The second-order valence-electron chi connectivity index (χ2n) is 10.2. The lowest BCUT2D eigenvalue weighted by molar-refractivity contribution is -0.192. The quantitative estimate of drug-likeness (QED) is 0.401. The van der Waals surface area contributed by atoms with Gasteiger partial charge in [0.15, 0.2) is 0 Å². The first-order valence-electron chi connectivity index (χ1n) is 11.4. The van der Waals surface area contributed by atoms with Crippen LogP contribution in [0.25, 0.3) is 22.5 Å². The number of hydrogen-bond acceptors (Lipinski definition) is 8. The number of aliphatic carboxylic acids is 1. The minimum atomic E-state index is -5.08. The minimum absolute atomic E-state index is 0.0379. The highest BCUT2D eigenvalue weighted by Crippen LogP contribution is 2.34. The van der Waals surface area contributed by atoms with E-state index in [1.54, 1.807) is 18.5 Å².